The van der Waals surface area contributed by atoms with Crippen LogP contribution >= 0.6 is 0 Å². The molecule has 0 saturated heterocycles. The van der Waals surface area contributed by atoms with Crippen molar-refractivity contribution >= 4 is 34.5 Å². The van der Waals surface area contributed by atoms with E-state index in [4.69, 9.17) is 10.2 Å². The lowest BCUT2D eigenvalue weighted by Crippen LogP contribution is -2.28. The van der Waals surface area contributed by atoms with Gasteiger partial charge in [-0.1, -0.05) is 0 Å². The van der Waals surface area contributed by atoms with E-state index in [1.807, 2.05) is 0 Å². The summed E-state index contributed by atoms with van der Waals surface area (Å²) >= 11 is 0. The highest BCUT2D eigenvalue weighted by Gasteiger charge is 2.18. The van der Waals surface area contributed by atoms with Crippen LogP contribution in [0.15, 0.2) is 33.6 Å². The number of urea groups is 1. The summed E-state index contributed by atoms with van der Waals surface area (Å²) in [6.45, 7) is -0.318. The number of nitrogen functional groups attached to an aromatic ring is 1. The number of nitrogens with two attached hydrogens (primary N) is 1. The zero-order valence-electron chi connectivity index (χ0n) is 13.5. The smallest absolute Gasteiger partial charge is 0.407 e. The molecular formula is C14H15N7O4. The van der Waals surface area contributed by atoms with E-state index in [1.165, 1.54) is 23.2 Å². The summed E-state index contributed by atoms with van der Waals surface area (Å²) in [5.74, 6) is -1.24. The summed E-state index contributed by atoms with van der Waals surface area (Å²) in [7, 11) is 3.15. The third kappa shape index (κ3) is 3.20. The molecule has 0 aliphatic heterocycles. The fourth-order valence-electron chi connectivity index (χ4n) is 2.11. The number of aromatic nitrogens is 4. The molecule has 130 valence electrons. The maximum Gasteiger partial charge on any atom is 0.426 e. The highest BCUT2D eigenvalue weighted by atomic mass is 16.4. The second-order valence-electron chi connectivity index (χ2n) is 5.41. The molecule has 3 rings (SSSR count). The maximum absolute atomic E-state index is 12.4. The molecule has 11 nitrogen and oxygen atoms in total. The minimum Gasteiger partial charge on any atom is -0.407 e. The van der Waals surface area contributed by atoms with Gasteiger partial charge in [0.25, 0.3) is 5.91 Å². The Morgan fingerprint density at radius 2 is 2.12 bits per heavy atom. The van der Waals surface area contributed by atoms with Crippen molar-refractivity contribution in [1.82, 2.24) is 24.5 Å². The van der Waals surface area contributed by atoms with Crippen LogP contribution in [-0.4, -0.2) is 50.5 Å². The highest BCUT2D eigenvalue weighted by molar-refractivity contribution is 5.90. The van der Waals surface area contributed by atoms with Crippen molar-refractivity contribution in [3.05, 3.63) is 34.9 Å². The number of nitrogens with zero attached hydrogens (tertiary/aromatic N) is 5. The first-order chi connectivity index (χ1) is 11.8. The first-order valence-electron chi connectivity index (χ1n) is 7.18. The number of amides is 2. The molecule has 1 aromatic carbocycles. The molecule has 2 amide bonds. The molecule has 3 aromatic rings. The average Bonchev–Trinajstić information content (AvgIpc) is 3.10. The molecular weight excluding hydrogens is 330 g/mol. The number of anilines is 2. The number of fused-ring (bicyclic) bond motifs is 1. The Labute approximate surface area is 140 Å². The Kier molecular flexibility index (Phi) is 3.97. The number of rotatable bonds is 3. The predicted molar refractivity (Wildman–Crippen MR) is 88.2 cm³/mol. The molecule has 0 bridgehead atoms. The van der Waals surface area contributed by atoms with Crippen LogP contribution in [0.4, 0.5) is 16.3 Å². The number of hydrogen-bond acceptors (Lipinski definition) is 7. The van der Waals surface area contributed by atoms with Crippen LogP contribution in [0.1, 0.15) is 4.79 Å². The number of hydrogen-bond donors (Lipinski definition) is 2. The molecule has 11 heteroatoms. The lowest BCUT2D eigenvalue weighted by Gasteiger charge is -2.09. The van der Waals surface area contributed by atoms with Crippen molar-refractivity contribution in [2.45, 2.75) is 6.54 Å². The molecule has 0 spiro atoms. The zero-order valence-corrected chi connectivity index (χ0v) is 13.5. The Balaban J connectivity index is 1.83. The van der Waals surface area contributed by atoms with Crippen LogP contribution in [0.3, 0.4) is 0 Å². The van der Waals surface area contributed by atoms with Crippen molar-refractivity contribution < 1.29 is 14.0 Å². The second-order valence-corrected chi connectivity index (χ2v) is 5.41. The van der Waals surface area contributed by atoms with Crippen molar-refractivity contribution in [3.8, 4) is 0 Å². The fourth-order valence-corrected chi connectivity index (χ4v) is 2.11. The van der Waals surface area contributed by atoms with Gasteiger partial charge in [-0.3, -0.25) is 10.1 Å². The summed E-state index contributed by atoms with van der Waals surface area (Å²) in [5.41, 5.74) is 6.59. The summed E-state index contributed by atoms with van der Waals surface area (Å²) in [6, 6.07) is 4.16. The van der Waals surface area contributed by atoms with Gasteiger partial charge in [0.15, 0.2) is 11.4 Å². The van der Waals surface area contributed by atoms with Gasteiger partial charge >= 0.3 is 11.8 Å². The Hall–Kier alpha value is -3.63. The van der Waals surface area contributed by atoms with Gasteiger partial charge in [-0.25, -0.2) is 14.2 Å². The van der Waals surface area contributed by atoms with Gasteiger partial charge < -0.3 is 15.1 Å². The van der Waals surface area contributed by atoms with Crippen LogP contribution in [0.25, 0.3) is 11.1 Å². The number of oxazole rings is 1. The molecule has 0 aliphatic carbocycles. The second kappa shape index (κ2) is 6.11. The minimum atomic E-state index is -0.820. The van der Waals surface area contributed by atoms with Gasteiger partial charge in [-0.15, -0.1) is 5.10 Å². The molecule has 0 unspecified atom stereocenters. The number of carbonyl (C=O) groups is 2. The van der Waals surface area contributed by atoms with Crippen molar-refractivity contribution in [3.63, 3.8) is 0 Å². The quantitative estimate of drug-likeness (QED) is 0.646. The van der Waals surface area contributed by atoms with E-state index in [9.17, 15) is 14.4 Å². The lowest BCUT2D eigenvalue weighted by atomic mass is 10.3. The van der Waals surface area contributed by atoms with E-state index in [0.29, 0.717) is 5.69 Å². The predicted octanol–water partition coefficient (Wildman–Crippen LogP) is 0.202. The Bertz CT molecular complexity index is 1010. The fraction of sp³-hybridized carbons (Fsp3) is 0.214. The van der Waals surface area contributed by atoms with E-state index in [0.717, 1.165) is 9.36 Å². The van der Waals surface area contributed by atoms with E-state index in [-0.39, 0.29) is 29.5 Å². The number of carbonyl (C=O) groups excluding carboxylic acids is 2. The highest BCUT2D eigenvalue weighted by Crippen LogP contribution is 2.16. The van der Waals surface area contributed by atoms with Crippen LogP contribution < -0.4 is 16.8 Å². The van der Waals surface area contributed by atoms with Gasteiger partial charge in [0, 0.05) is 19.8 Å². The van der Waals surface area contributed by atoms with Crippen LogP contribution in [-0.2, 0) is 6.54 Å². The molecule has 0 aliphatic rings. The molecule has 3 N–H and O–H groups in total. The van der Waals surface area contributed by atoms with Crippen LogP contribution in [0.5, 0.6) is 0 Å². The molecule has 0 fully saturated rings. The van der Waals surface area contributed by atoms with Crippen molar-refractivity contribution in [2.75, 3.05) is 25.1 Å². The Morgan fingerprint density at radius 3 is 2.84 bits per heavy atom. The topological polar surface area (TPSA) is 141 Å². The first kappa shape index (κ1) is 16.2. The maximum atomic E-state index is 12.4. The van der Waals surface area contributed by atoms with Gasteiger partial charge in [0.05, 0.1) is 6.20 Å². The first-order valence-corrected chi connectivity index (χ1v) is 7.18. The van der Waals surface area contributed by atoms with E-state index < -0.39 is 11.7 Å². The standard InChI is InChI=1S/C14H15N7O4/c1-19(2)13(23)17-11-6-16-20(18-11)7-12(22)21-9-5-8(15)3-4-10(9)25-14(21)24/h3-6H,7,15H2,1-2H3,(H,17,18,23). The molecule has 25 heavy (non-hydrogen) atoms. The summed E-state index contributed by atoms with van der Waals surface area (Å²) in [4.78, 5) is 38.3. The summed E-state index contributed by atoms with van der Waals surface area (Å²) in [6.07, 6.45) is 1.29. The number of nitrogens with one attached hydrogen (secondary N) is 1. The van der Waals surface area contributed by atoms with Crippen molar-refractivity contribution in [1.29, 1.82) is 0 Å². The molecule has 0 atom stereocenters. The average molecular weight is 345 g/mol. The lowest BCUT2D eigenvalue weighted by molar-refractivity contribution is 0.0877. The third-order valence-electron chi connectivity index (χ3n) is 3.31. The largest absolute Gasteiger partial charge is 0.426 e. The van der Waals surface area contributed by atoms with E-state index >= 15 is 0 Å². The van der Waals surface area contributed by atoms with Crippen LogP contribution in [0, 0.1) is 0 Å². The monoisotopic (exact) mass is 345 g/mol. The van der Waals surface area contributed by atoms with Gasteiger partial charge in [-0.05, 0) is 18.2 Å². The molecule has 2 aromatic heterocycles. The normalized spacial score (nSPS) is 10.8. The van der Waals surface area contributed by atoms with Gasteiger partial charge in [0.1, 0.15) is 12.1 Å². The third-order valence-corrected chi connectivity index (χ3v) is 3.31. The minimum absolute atomic E-state index is 0.181. The van der Waals surface area contributed by atoms with Crippen LogP contribution in [0.2, 0.25) is 0 Å². The van der Waals surface area contributed by atoms with E-state index in [1.54, 1.807) is 20.2 Å². The summed E-state index contributed by atoms with van der Waals surface area (Å²) < 4.78 is 5.88. The molecule has 2 heterocycles. The van der Waals surface area contributed by atoms with E-state index in [2.05, 4.69) is 15.5 Å². The zero-order chi connectivity index (χ0) is 18.1. The molecule has 0 saturated carbocycles. The number of benzene rings is 1. The van der Waals surface area contributed by atoms with Gasteiger partial charge in [-0.2, -0.15) is 9.90 Å². The summed E-state index contributed by atoms with van der Waals surface area (Å²) in [5, 5.41) is 10.3. The van der Waals surface area contributed by atoms with Gasteiger partial charge in [0.2, 0.25) is 0 Å². The molecule has 0 radical (unpaired) electrons. The SMILES string of the molecule is CN(C)C(=O)Nc1cnn(CC(=O)n2c(=O)oc3ccc(N)cc32)n1. The Morgan fingerprint density at radius 1 is 1.36 bits per heavy atom. The van der Waals surface area contributed by atoms with Crippen molar-refractivity contribution in [2.24, 2.45) is 0 Å².